The lowest BCUT2D eigenvalue weighted by Gasteiger charge is -2.33. The van der Waals surface area contributed by atoms with Gasteiger partial charge in [0.25, 0.3) is 5.89 Å². The van der Waals surface area contributed by atoms with E-state index in [4.69, 9.17) is 4.42 Å². The van der Waals surface area contributed by atoms with Gasteiger partial charge in [0.05, 0.1) is 11.6 Å². The topological polar surface area (TPSA) is 64.2 Å². The third kappa shape index (κ3) is 3.72. The lowest BCUT2D eigenvalue weighted by atomic mass is 10.0. The van der Waals surface area contributed by atoms with Crippen LogP contribution in [0, 0.1) is 12.7 Å². The van der Waals surface area contributed by atoms with Crippen molar-refractivity contribution in [1.82, 2.24) is 19.7 Å². The summed E-state index contributed by atoms with van der Waals surface area (Å²) >= 11 is 1.23. The van der Waals surface area contributed by atoms with Crippen LogP contribution in [-0.4, -0.2) is 32.8 Å². The van der Waals surface area contributed by atoms with E-state index >= 15 is 0 Å². The molecule has 27 heavy (non-hydrogen) atoms. The summed E-state index contributed by atoms with van der Waals surface area (Å²) < 4.78 is 21.6. The summed E-state index contributed by atoms with van der Waals surface area (Å²) in [6.07, 6.45) is 3.09. The average Bonchev–Trinajstić information content (AvgIpc) is 3.28. The molecule has 1 atom stereocenters. The standard InChI is InChI=1S/C19H21FN4O2S/c1-13-12-27-19(25)24(13)11-10-23-9-5-4-8-16(23)18-22-21-17(26-18)14-6-2-3-7-15(14)20/h2-3,6-7,12,16H,4-5,8-11H2,1H3/t16-/m0/s1. The molecule has 1 aliphatic heterocycles. The maximum absolute atomic E-state index is 14.0. The van der Waals surface area contributed by atoms with E-state index in [1.54, 1.807) is 22.8 Å². The molecule has 0 spiro atoms. The molecule has 0 radical (unpaired) electrons. The first kappa shape index (κ1) is 18.1. The lowest BCUT2D eigenvalue weighted by Crippen LogP contribution is -2.37. The van der Waals surface area contributed by atoms with Gasteiger partial charge in [-0.1, -0.05) is 29.9 Å². The quantitative estimate of drug-likeness (QED) is 0.668. The Morgan fingerprint density at radius 2 is 2.11 bits per heavy atom. The van der Waals surface area contributed by atoms with Crippen LogP contribution in [0.1, 0.15) is 36.9 Å². The fourth-order valence-corrected chi connectivity index (χ4v) is 4.32. The number of benzene rings is 1. The van der Waals surface area contributed by atoms with Gasteiger partial charge in [0.2, 0.25) is 5.89 Å². The zero-order valence-electron chi connectivity index (χ0n) is 15.1. The number of likely N-dealkylation sites (tertiary alicyclic amines) is 1. The second-order valence-electron chi connectivity index (χ2n) is 6.77. The Morgan fingerprint density at radius 1 is 1.26 bits per heavy atom. The summed E-state index contributed by atoms with van der Waals surface area (Å²) in [4.78, 5) is 14.3. The molecular formula is C19H21FN4O2S. The summed E-state index contributed by atoms with van der Waals surface area (Å²) in [7, 11) is 0. The molecule has 0 aliphatic carbocycles. The van der Waals surface area contributed by atoms with Crippen LogP contribution in [0.15, 0.2) is 38.9 Å². The molecule has 1 aliphatic rings. The fourth-order valence-electron chi connectivity index (χ4n) is 3.55. The molecule has 1 aromatic carbocycles. The number of aryl methyl sites for hydroxylation is 1. The Bertz CT molecular complexity index is 980. The minimum atomic E-state index is -0.375. The number of piperidine rings is 1. The van der Waals surface area contributed by atoms with Crippen LogP contribution in [0.3, 0.4) is 0 Å². The number of nitrogens with zero attached hydrogens (tertiary/aromatic N) is 4. The summed E-state index contributed by atoms with van der Waals surface area (Å²) in [5.74, 6) is 0.348. The first-order chi connectivity index (χ1) is 13.1. The molecule has 0 saturated carbocycles. The third-order valence-corrected chi connectivity index (χ3v) is 5.91. The Balaban J connectivity index is 1.53. The Labute approximate surface area is 160 Å². The van der Waals surface area contributed by atoms with Crippen LogP contribution < -0.4 is 4.87 Å². The fraction of sp³-hybridized carbons (Fsp3) is 0.421. The van der Waals surface area contributed by atoms with Crippen molar-refractivity contribution >= 4 is 11.3 Å². The van der Waals surface area contributed by atoms with Gasteiger partial charge in [0.1, 0.15) is 5.82 Å². The highest BCUT2D eigenvalue weighted by atomic mass is 32.1. The number of hydrogen-bond acceptors (Lipinski definition) is 6. The van der Waals surface area contributed by atoms with Crippen molar-refractivity contribution in [2.45, 2.75) is 38.8 Å². The molecule has 6 nitrogen and oxygen atoms in total. The zero-order valence-corrected chi connectivity index (χ0v) is 15.9. The first-order valence-corrected chi connectivity index (χ1v) is 9.99. The van der Waals surface area contributed by atoms with Crippen molar-refractivity contribution in [2.24, 2.45) is 0 Å². The Morgan fingerprint density at radius 3 is 2.89 bits per heavy atom. The largest absolute Gasteiger partial charge is 0.419 e. The molecular weight excluding hydrogens is 367 g/mol. The summed E-state index contributed by atoms with van der Waals surface area (Å²) in [6, 6.07) is 6.40. The average molecular weight is 388 g/mol. The van der Waals surface area contributed by atoms with Crippen molar-refractivity contribution in [1.29, 1.82) is 0 Å². The highest BCUT2D eigenvalue weighted by Gasteiger charge is 2.29. The summed E-state index contributed by atoms with van der Waals surface area (Å²) in [5, 5.41) is 10.1. The summed E-state index contributed by atoms with van der Waals surface area (Å²) in [5.41, 5.74) is 1.30. The van der Waals surface area contributed by atoms with Crippen LogP contribution in [0.2, 0.25) is 0 Å². The monoisotopic (exact) mass is 388 g/mol. The highest BCUT2D eigenvalue weighted by molar-refractivity contribution is 7.07. The van der Waals surface area contributed by atoms with Crippen molar-refractivity contribution in [3.63, 3.8) is 0 Å². The van der Waals surface area contributed by atoms with Gasteiger partial charge < -0.3 is 8.98 Å². The first-order valence-electron chi connectivity index (χ1n) is 9.11. The molecule has 1 fully saturated rings. The predicted octanol–water partition coefficient (Wildman–Crippen LogP) is 3.63. The van der Waals surface area contributed by atoms with Crippen LogP contribution in [0.5, 0.6) is 0 Å². The minimum Gasteiger partial charge on any atom is -0.419 e. The molecule has 1 saturated heterocycles. The molecule has 8 heteroatoms. The van der Waals surface area contributed by atoms with E-state index in [1.165, 1.54) is 17.4 Å². The van der Waals surface area contributed by atoms with Crippen molar-refractivity contribution < 1.29 is 8.81 Å². The van der Waals surface area contributed by atoms with Gasteiger partial charge in [-0.25, -0.2) is 4.39 Å². The van der Waals surface area contributed by atoms with Gasteiger partial charge >= 0.3 is 4.87 Å². The van der Waals surface area contributed by atoms with Crippen molar-refractivity contribution in [2.75, 3.05) is 13.1 Å². The lowest BCUT2D eigenvalue weighted by molar-refractivity contribution is 0.121. The predicted molar refractivity (Wildman–Crippen MR) is 101 cm³/mol. The molecule has 0 amide bonds. The number of hydrogen-bond donors (Lipinski definition) is 0. The number of rotatable bonds is 5. The molecule has 4 rings (SSSR count). The van der Waals surface area contributed by atoms with E-state index in [1.807, 2.05) is 12.3 Å². The van der Waals surface area contributed by atoms with E-state index < -0.39 is 0 Å². The normalized spacial score (nSPS) is 18.1. The smallest absolute Gasteiger partial charge is 0.307 e. The SMILES string of the molecule is Cc1csc(=O)n1CCN1CCCC[C@H]1c1nnc(-c2ccccc2F)o1. The van der Waals surface area contributed by atoms with E-state index in [9.17, 15) is 9.18 Å². The Kier molecular flexibility index (Phi) is 5.18. The van der Waals surface area contributed by atoms with Gasteiger partial charge in [-0.2, -0.15) is 0 Å². The van der Waals surface area contributed by atoms with Crippen LogP contribution >= 0.6 is 11.3 Å². The highest BCUT2D eigenvalue weighted by Crippen LogP contribution is 2.32. The summed E-state index contributed by atoms with van der Waals surface area (Å²) in [6.45, 7) is 4.24. The van der Waals surface area contributed by atoms with E-state index in [0.717, 1.165) is 38.0 Å². The molecule has 3 heterocycles. The second kappa shape index (κ2) is 7.74. The van der Waals surface area contributed by atoms with Gasteiger partial charge in [0, 0.05) is 24.2 Å². The Hall–Kier alpha value is -2.32. The molecule has 0 bridgehead atoms. The third-order valence-electron chi connectivity index (χ3n) is 5.03. The second-order valence-corrected chi connectivity index (χ2v) is 7.59. The zero-order chi connectivity index (χ0) is 18.8. The van der Waals surface area contributed by atoms with E-state index in [-0.39, 0.29) is 22.6 Å². The van der Waals surface area contributed by atoms with E-state index in [2.05, 4.69) is 15.1 Å². The molecule has 2 aromatic heterocycles. The maximum atomic E-state index is 14.0. The number of halogens is 1. The molecule has 0 N–H and O–H groups in total. The van der Waals surface area contributed by atoms with Gasteiger partial charge in [0.15, 0.2) is 0 Å². The molecule has 0 unspecified atom stereocenters. The van der Waals surface area contributed by atoms with Crippen molar-refractivity contribution in [3.8, 4) is 11.5 Å². The minimum absolute atomic E-state index is 0.00131. The van der Waals surface area contributed by atoms with Gasteiger partial charge in [-0.05, 0) is 38.4 Å². The molecule has 142 valence electrons. The van der Waals surface area contributed by atoms with Crippen LogP contribution in [0.4, 0.5) is 4.39 Å². The maximum Gasteiger partial charge on any atom is 0.307 e. The van der Waals surface area contributed by atoms with Crippen molar-refractivity contribution in [3.05, 3.63) is 56.7 Å². The molecule has 3 aromatic rings. The van der Waals surface area contributed by atoms with Crippen LogP contribution in [-0.2, 0) is 6.54 Å². The number of thiazole rings is 1. The van der Waals surface area contributed by atoms with Gasteiger partial charge in [-0.3, -0.25) is 9.69 Å². The van der Waals surface area contributed by atoms with Crippen LogP contribution in [0.25, 0.3) is 11.5 Å². The van der Waals surface area contributed by atoms with E-state index in [0.29, 0.717) is 18.0 Å². The number of aromatic nitrogens is 3. The van der Waals surface area contributed by atoms with Gasteiger partial charge in [-0.15, -0.1) is 10.2 Å².